The first-order valence-electron chi connectivity index (χ1n) is 8.16. The van der Waals surface area contributed by atoms with Gasteiger partial charge in [-0.1, -0.05) is 51.6 Å². The van der Waals surface area contributed by atoms with Crippen LogP contribution >= 0.6 is 11.8 Å². The van der Waals surface area contributed by atoms with Gasteiger partial charge in [0, 0.05) is 0 Å². The van der Waals surface area contributed by atoms with E-state index in [0.717, 1.165) is 22.6 Å². The summed E-state index contributed by atoms with van der Waals surface area (Å²) in [6, 6.07) is 11.5. The molecule has 0 spiro atoms. The average Bonchev–Trinajstić information content (AvgIpc) is 2.45. The molecule has 2 rings (SSSR count). The third-order valence-electron chi connectivity index (χ3n) is 3.56. The van der Waals surface area contributed by atoms with Crippen LogP contribution in [0.2, 0.25) is 0 Å². The Morgan fingerprint density at radius 1 is 0.739 bits per heavy atom. The van der Waals surface area contributed by atoms with Gasteiger partial charge in [0.15, 0.2) is 0 Å². The van der Waals surface area contributed by atoms with Gasteiger partial charge >= 0.3 is 0 Å². The molecule has 0 aliphatic rings. The molecule has 2 N–H and O–H groups in total. The smallest absolute Gasteiger partial charge is 0.129 e. The molecular formula is C20H26O2S. The number of hydrogen-bond donors (Lipinski definition) is 2. The van der Waals surface area contributed by atoms with Gasteiger partial charge in [0.05, 0.1) is 9.79 Å². The zero-order chi connectivity index (χ0) is 17.0. The van der Waals surface area contributed by atoms with Crippen molar-refractivity contribution in [1.82, 2.24) is 0 Å². The maximum atomic E-state index is 10.1. The summed E-state index contributed by atoms with van der Waals surface area (Å²) in [6.45, 7) is 8.73. The van der Waals surface area contributed by atoms with Crippen LogP contribution in [0.1, 0.15) is 38.8 Å². The molecular weight excluding hydrogens is 304 g/mol. The Morgan fingerprint density at radius 2 is 1.13 bits per heavy atom. The summed E-state index contributed by atoms with van der Waals surface area (Å²) >= 11 is 1.42. The van der Waals surface area contributed by atoms with E-state index in [4.69, 9.17) is 0 Å². The van der Waals surface area contributed by atoms with E-state index >= 15 is 0 Å². The highest BCUT2D eigenvalue weighted by molar-refractivity contribution is 7.99. The van der Waals surface area contributed by atoms with Crippen molar-refractivity contribution in [2.75, 3.05) is 0 Å². The molecule has 0 saturated heterocycles. The Labute approximate surface area is 143 Å². The molecule has 0 aliphatic carbocycles. The van der Waals surface area contributed by atoms with Gasteiger partial charge in [0.2, 0.25) is 0 Å². The lowest BCUT2D eigenvalue weighted by atomic mass is 10.0. The van der Waals surface area contributed by atoms with Crippen molar-refractivity contribution < 1.29 is 10.2 Å². The predicted molar refractivity (Wildman–Crippen MR) is 97.4 cm³/mol. The van der Waals surface area contributed by atoms with Crippen molar-refractivity contribution in [3.8, 4) is 11.5 Å². The number of aromatic hydroxyl groups is 2. The van der Waals surface area contributed by atoms with Gasteiger partial charge in [-0.15, -0.1) is 0 Å². The van der Waals surface area contributed by atoms with E-state index < -0.39 is 0 Å². The predicted octanol–water partition coefficient (Wildman–Crippen LogP) is 5.65. The van der Waals surface area contributed by atoms with Crippen LogP contribution < -0.4 is 0 Å². The van der Waals surface area contributed by atoms with Crippen LogP contribution in [0.3, 0.4) is 0 Å². The average molecular weight is 330 g/mol. The molecule has 0 atom stereocenters. The molecule has 0 saturated carbocycles. The molecule has 124 valence electrons. The minimum Gasteiger partial charge on any atom is -0.507 e. The van der Waals surface area contributed by atoms with Crippen LogP contribution in [0.4, 0.5) is 0 Å². The van der Waals surface area contributed by atoms with Crippen LogP contribution in [0.15, 0.2) is 46.2 Å². The molecule has 0 heterocycles. The normalized spacial score (nSPS) is 11.4. The van der Waals surface area contributed by atoms with Gasteiger partial charge in [-0.3, -0.25) is 0 Å². The number of rotatable bonds is 6. The lowest BCUT2D eigenvalue weighted by Gasteiger charge is -2.12. The molecule has 2 aromatic rings. The maximum absolute atomic E-state index is 10.1. The first-order valence-corrected chi connectivity index (χ1v) is 8.98. The van der Waals surface area contributed by atoms with Gasteiger partial charge in [-0.25, -0.2) is 0 Å². The first-order chi connectivity index (χ1) is 10.8. The topological polar surface area (TPSA) is 40.5 Å². The van der Waals surface area contributed by atoms with Crippen molar-refractivity contribution in [2.24, 2.45) is 11.8 Å². The third-order valence-corrected chi connectivity index (χ3v) is 4.65. The number of phenolic OH excluding ortho intramolecular Hbond substituents is 2. The van der Waals surface area contributed by atoms with Gasteiger partial charge in [-0.05, 0) is 60.1 Å². The fourth-order valence-electron chi connectivity index (χ4n) is 2.60. The van der Waals surface area contributed by atoms with E-state index in [2.05, 4.69) is 27.7 Å². The highest BCUT2D eigenvalue weighted by Gasteiger charge is 2.11. The molecule has 0 aromatic heterocycles. The molecule has 3 heteroatoms. The Kier molecular flexibility index (Phi) is 6.00. The van der Waals surface area contributed by atoms with Crippen LogP contribution in [0.25, 0.3) is 0 Å². The van der Waals surface area contributed by atoms with Crippen molar-refractivity contribution in [1.29, 1.82) is 0 Å². The number of phenols is 2. The second kappa shape index (κ2) is 7.78. The monoisotopic (exact) mass is 330 g/mol. The van der Waals surface area contributed by atoms with E-state index in [1.54, 1.807) is 12.1 Å². The summed E-state index contributed by atoms with van der Waals surface area (Å²) in [4.78, 5) is 1.58. The fraction of sp³-hybridized carbons (Fsp3) is 0.400. The minimum absolute atomic E-state index is 0.260. The van der Waals surface area contributed by atoms with Crippen molar-refractivity contribution >= 4 is 11.8 Å². The minimum atomic E-state index is 0.260. The quantitative estimate of drug-likeness (QED) is 0.719. The maximum Gasteiger partial charge on any atom is 0.129 e. The molecule has 0 aliphatic heterocycles. The summed E-state index contributed by atoms with van der Waals surface area (Å²) in [5.74, 6) is 1.66. The van der Waals surface area contributed by atoms with Crippen LogP contribution in [-0.2, 0) is 12.8 Å². The number of benzene rings is 2. The molecule has 2 nitrogen and oxygen atoms in total. The van der Waals surface area contributed by atoms with E-state index in [0.29, 0.717) is 11.8 Å². The van der Waals surface area contributed by atoms with E-state index in [1.165, 1.54) is 22.9 Å². The second-order valence-corrected chi connectivity index (χ2v) is 7.99. The second-order valence-electron chi connectivity index (χ2n) is 6.90. The highest BCUT2D eigenvalue weighted by atomic mass is 32.2. The molecule has 0 radical (unpaired) electrons. The fourth-order valence-corrected chi connectivity index (χ4v) is 3.60. The van der Waals surface area contributed by atoms with Crippen LogP contribution in [-0.4, -0.2) is 10.2 Å². The van der Waals surface area contributed by atoms with Crippen molar-refractivity contribution in [3.63, 3.8) is 0 Å². The molecule has 0 bridgehead atoms. The zero-order valence-corrected chi connectivity index (χ0v) is 15.2. The Balaban J connectivity index is 2.27. The number of hydrogen-bond acceptors (Lipinski definition) is 3. The van der Waals surface area contributed by atoms with Gasteiger partial charge in [0.25, 0.3) is 0 Å². The molecule has 0 amide bonds. The molecule has 0 unspecified atom stereocenters. The Hall–Kier alpha value is -1.61. The van der Waals surface area contributed by atoms with Crippen LogP contribution in [0.5, 0.6) is 11.5 Å². The van der Waals surface area contributed by atoms with Gasteiger partial charge in [0.1, 0.15) is 11.5 Å². The largest absolute Gasteiger partial charge is 0.507 e. The van der Waals surface area contributed by atoms with E-state index in [9.17, 15) is 10.2 Å². The summed E-state index contributed by atoms with van der Waals surface area (Å²) in [5, 5.41) is 20.3. The van der Waals surface area contributed by atoms with Crippen molar-refractivity contribution in [2.45, 2.75) is 50.3 Å². The summed E-state index contributed by atoms with van der Waals surface area (Å²) < 4.78 is 0. The summed E-state index contributed by atoms with van der Waals surface area (Å²) in [7, 11) is 0. The van der Waals surface area contributed by atoms with Gasteiger partial charge < -0.3 is 10.2 Å². The summed E-state index contributed by atoms with van der Waals surface area (Å²) in [6.07, 6.45) is 1.96. The third kappa shape index (κ3) is 5.21. The highest BCUT2D eigenvalue weighted by Crippen LogP contribution is 2.40. The van der Waals surface area contributed by atoms with Crippen molar-refractivity contribution in [3.05, 3.63) is 47.5 Å². The van der Waals surface area contributed by atoms with E-state index in [1.807, 2.05) is 24.3 Å². The molecule has 23 heavy (non-hydrogen) atoms. The van der Waals surface area contributed by atoms with E-state index in [-0.39, 0.29) is 11.5 Å². The Bertz CT molecular complexity index is 605. The molecule has 2 aromatic carbocycles. The standard InChI is InChI=1S/C20H26O2S/c1-13(2)9-15-5-7-17(21)19(11-15)23-20-12-16(10-14(3)4)6-8-18(20)22/h5-8,11-14,21-22H,9-10H2,1-4H3. The Morgan fingerprint density at radius 3 is 1.48 bits per heavy atom. The van der Waals surface area contributed by atoms with Crippen LogP contribution in [0, 0.1) is 11.8 Å². The summed E-state index contributed by atoms with van der Waals surface area (Å²) in [5.41, 5.74) is 2.41. The lowest BCUT2D eigenvalue weighted by molar-refractivity contribution is 0.459. The molecule has 0 fully saturated rings. The SMILES string of the molecule is CC(C)Cc1ccc(O)c(Sc2cc(CC(C)C)ccc2O)c1. The first kappa shape index (κ1) is 17.7. The van der Waals surface area contributed by atoms with Gasteiger partial charge in [-0.2, -0.15) is 0 Å². The zero-order valence-electron chi connectivity index (χ0n) is 14.3. The lowest BCUT2D eigenvalue weighted by Crippen LogP contribution is -1.95.